The fourth-order valence-electron chi connectivity index (χ4n) is 3.42. The van der Waals surface area contributed by atoms with E-state index in [1.807, 2.05) is 4.90 Å². The van der Waals surface area contributed by atoms with Crippen LogP contribution in [0.2, 0.25) is 0 Å². The predicted molar refractivity (Wildman–Crippen MR) is 95.6 cm³/mol. The number of carbonyl (C=O) groups is 1. The minimum atomic E-state index is -0.422. The van der Waals surface area contributed by atoms with E-state index in [0.717, 1.165) is 31.4 Å². The minimum Gasteiger partial charge on any atom is -0.366 e. The Morgan fingerprint density at radius 1 is 1.28 bits per heavy atom. The maximum atomic E-state index is 13.1. The van der Waals surface area contributed by atoms with Crippen LogP contribution >= 0.6 is 0 Å². The molecule has 1 aromatic carbocycles. The first-order chi connectivity index (χ1) is 12.2. The van der Waals surface area contributed by atoms with Crippen LogP contribution in [0.4, 0.5) is 4.39 Å². The van der Waals surface area contributed by atoms with Crippen molar-refractivity contribution in [3.8, 4) is 0 Å². The molecule has 1 N–H and O–H groups in total. The largest absolute Gasteiger partial charge is 0.366 e. The molecular weight excluding hydrogens is 319 g/mol. The van der Waals surface area contributed by atoms with Crippen LogP contribution in [0.5, 0.6) is 0 Å². The lowest BCUT2D eigenvalue weighted by Crippen LogP contribution is -2.49. The lowest BCUT2D eigenvalue weighted by molar-refractivity contribution is -0.145. The summed E-state index contributed by atoms with van der Waals surface area (Å²) in [6, 6.07) is 6.38. The molecule has 5 heteroatoms. The van der Waals surface area contributed by atoms with Crippen LogP contribution in [0.1, 0.15) is 37.7 Å². The zero-order valence-corrected chi connectivity index (χ0v) is 14.7. The third kappa shape index (κ3) is 5.38. The number of nitrogens with zero attached hydrogens (tertiary/aromatic N) is 1. The molecule has 1 saturated heterocycles. The summed E-state index contributed by atoms with van der Waals surface area (Å²) < 4.78 is 18.8. The monoisotopic (exact) mass is 346 g/mol. The maximum absolute atomic E-state index is 13.1. The second kappa shape index (κ2) is 9.11. The van der Waals surface area contributed by atoms with E-state index in [-0.39, 0.29) is 11.7 Å². The predicted octanol–water partition coefficient (Wildman–Crippen LogP) is 3.03. The van der Waals surface area contributed by atoms with Crippen LogP contribution in [0, 0.1) is 5.82 Å². The van der Waals surface area contributed by atoms with Crippen molar-refractivity contribution in [2.75, 3.05) is 26.2 Å². The smallest absolute Gasteiger partial charge is 0.253 e. The number of morpholine rings is 1. The molecule has 4 nitrogen and oxygen atoms in total. The molecule has 136 valence electrons. The van der Waals surface area contributed by atoms with E-state index < -0.39 is 6.10 Å². The Hall–Kier alpha value is -1.72. The van der Waals surface area contributed by atoms with E-state index in [1.165, 1.54) is 30.5 Å². The van der Waals surface area contributed by atoms with Crippen molar-refractivity contribution in [2.45, 2.75) is 44.8 Å². The lowest BCUT2D eigenvalue weighted by Gasteiger charge is -2.30. The summed E-state index contributed by atoms with van der Waals surface area (Å²) in [5.41, 5.74) is 2.39. The zero-order chi connectivity index (χ0) is 17.5. The van der Waals surface area contributed by atoms with Crippen molar-refractivity contribution in [2.24, 2.45) is 0 Å². The van der Waals surface area contributed by atoms with E-state index in [1.54, 1.807) is 12.1 Å². The first-order valence-electron chi connectivity index (χ1n) is 9.26. The van der Waals surface area contributed by atoms with Gasteiger partial charge in [0.05, 0.1) is 6.61 Å². The molecule has 1 aliphatic heterocycles. The molecule has 0 saturated carbocycles. The molecule has 25 heavy (non-hydrogen) atoms. The molecule has 1 aromatic rings. The number of amides is 1. The Morgan fingerprint density at radius 2 is 2.12 bits per heavy atom. The number of carbonyl (C=O) groups excluding carboxylic acids is 1. The van der Waals surface area contributed by atoms with Gasteiger partial charge in [-0.05, 0) is 49.8 Å². The van der Waals surface area contributed by atoms with E-state index >= 15 is 0 Å². The van der Waals surface area contributed by atoms with Gasteiger partial charge in [-0.25, -0.2) is 4.39 Å². The Balaban J connectivity index is 1.66. The lowest BCUT2D eigenvalue weighted by atomic mass is 9.97. The van der Waals surface area contributed by atoms with Gasteiger partial charge in [0.1, 0.15) is 11.9 Å². The molecule has 2 aliphatic rings. The van der Waals surface area contributed by atoms with Gasteiger partial charge >= 0.3 is 0 Å². The van der Waals surface area contributed by atoms with Crippen LogP contribution in [-0.2, 0) is 16.1 Å². The number of ether oxygens (including phenoxy) is 1. The summed E-state index contributed by atoms with van der Waals surface area (Å²) in [7, 11) is 0. The average molecular weight is 346 g/mol. The second-order valence-corrected chi connectivity index (χ2v) is 6.81. The van der Waals surface area contributed by atoms with Gasteiger partial charge in [-0.15, -0.1) is 0 Å². The molecule has 1 fully saturated rings. The maximum Gasteiger partial charge on any atom is 0.253 e. The zero-order valence-electron chi connectivity index (χ0n) is 14.7. The summed E-state index contributed by atoms with van der Waals surface area (Å²) in [5.74, 6) is -0.235. The van der Waals surface area contributed by atoms with Crippen molar-refractivity contribution in [3.63, 3.8) is 0 Å². The number of hydrogen-bond donors (Lipinski definition) is 1. The van der Waals surface area contributed by atoms with Crippen LogP contribution in [0.25, 0.3) is 0 Å². The second-order valence-electron chi connectivity index (χ2n) is 6.81. The van der Waals surface area contributed by atoms with E-state index in [0.29, 0.717) is 26.2 Å². The fourth-order valence-corrected chi connectivity index (χ4v) is 3.42. The first kappa shape index (κ1) is 18.1. The highest BCUT2D eigenvalue weighted by molar-refractivity contribution is 5.81. The highest BCUT2D eigenvalue weighted by Crippen LogP contribution is 2.21. The molecule has 1 aliphatic carbocycles. The number of halogens is 1. The minimum absolute atomic E-state index is 0.0212. The van der Waals surface area contributed by atoms with E-state index in [2.05, 4.69) is 11.4 Å². The molecule has 0 spiro atoms. The van der Waals surface area contributed by atoms with Crippen LogP contribution < -0.4 is 5.32 Å². The van der Waals surface area contributed by atoms with E-state index in [4.69, 9.17) is 4.74 Å². The standard InChI is InChI=1S/C20H27FN2O2/c21-18-8-6-17(7-9-18)15-23(12-10-16-4-2-1-3-5-16)20(24)19-14-22-11-13-25-19/h4,6-9,19,22H,1-3,5,10-15H2. The summed E-state index contributed by atoms with van der Waals surface area (Å²) in [6.07, 6.45) is 7.61. The Labute approximate surface area is 149 Å². The Morgan fingerprint density at radius 3 is 2.80 bits per heavy atom. The molecule has 3 rings (SSSR count). The van der Waals surface area contributed by atoms with Crippen molar-refractivity contribution in [1.29, 1.82) is 0 Å². The third-order valence-corrected chi connectivity index (χ3v) is 4.89. The third-order valence-electron chi connectivity index (χ3n) is 4.89. The van der Waals surface area contributed by atoms with Gasteiger partial charge < -0.3 is 15.0 Å². The normalized spacial score (nSPS) is 20.8. The fraction of sp³-hybridized carbons (Fsp3) is 0.550. The number of rotatable bonds is 6. The Bertz CT molecular complexity index is 594. The van der Waals surface area contributed by atoms with Gasteiger partial charge in [0.2, 0.25) is 0 Å². The van der Waals surface area contributed by atoms with Gasteiger partial charge in [0, 0.05) is 26.2 Å². The van der Waals surface area contributed by atoms with Gasteiger partial charge in [0.25, 0.3) is 5.91 Å². The summed E-state index contributed by atoms with van der Waals surface area (Å²) >= 11 is 0. The number of nitrogens with one attached hydrogen (secondary N) is 1. The highest BCUT2D eigenvalue weighted by atomic mass is 19.1. The van der Waals surface area contributed by atoms with Crippen molar-refractivity contribution >= 4 is 5.91 Å². The number of allylic oxidation sites excluding steroid dienone is 1. The molecule has 0 bridgehead atoms. The first-order valence-corrected chi connectivity index (χ1v) is 9.26. The summed E-state index contributed by atoms with van der Waals surface area (Å²) in [6.45, 7) is 3.08. The van der Waals surface area contributed by atoms with Crippen molar-refractivity contribution in [3.05, 3.63) is 47.3 Å². The average Bonchev–Trinajstić information content (AvgIpc) is 2.67. The summed E-state index contributed by atoms with van der Waals surface area (Å²) in [5, 5.41) is 3.21. The van der Waals surface area contributed by atoms with Crippen molar-refractivity contribution in [1.82, 2.24) is 10.2 Å². The molecule has 1 atom stereocenters. The summed E-state index contributed by atoms with van der Waals surface area (Å²) in [4.78, 5) is 14.8. The van der Waals surface area contributed by atoms with Gasteiger partial charge in [-0.2, -0.15) is 0 Å². The van der Waals surface area contributed by atoms with Crippen LogP contribution in [-0.4, -0.2) is 43.2 Å². The van der Waals surface area contributed by atoms with Crippen molar-refractivity contribution < 1.29 is 13.9 Å². The Kier molecular flexibility index (Phi) is 6.59. The number of hydrogen-bond acceptors (Lipinski definition) is 3. The van der Waals surface area contributed by atoms with Gasteiger partial charge in [-0.1, -0.05) is 23.8 Å². The quantitative estimate of drug-likeness (QED) is 0.805. The molecule has 1 amide bonds. The number of benzene rings is 1. The highest BCUT2D eigenvalue weighted by Gasteiger charge is 2.27. The molecular formula is C20H27FN2O2. The van der Waals surface area contributed by atoms with E-state index in [9.17, 15) is 9.18 Å². The van der Waals surface area contributed by atoms with Gasteiger partial charge in [-0.3, -0.25) is 4.79 Å². The van der Waals surface area contributed by atoms with Gasteiger partial charge in [0.15, 0.2) is 0 Å². The molecule has 0 radical (unpaired) electrons. The molecule has 1 heterocycles. The SMILES string of the molecule is O=C(C1CNCCO1)N(CCC1=CCCCC1)Cc1ccc(F)cc1. The molecule has 1 unspecified atom stereocenters. The van der Waals surface area contributed by atoms with Crippen LogP contribution in [0.15, 0.2) is 35.9 Å². The topological polar surface area (TPSA) is 41.6 Å². The van der Waals surface area contributed by atoms with Crippen LogP contribution in [0.3, 0.4) is 0 Å². The molecule has 0 aromatic heterocycles.